The Morgan fingerprint density at radius 2 is 1.97 bits per heavy atom. The number of imidazole rings is 1. The van der Waals surface area contributed by atoms with E-state index in [-0.39, 0.29) is 36.7 Å². The van der Waals surface area contributed by atoms with Crippen molar-refractivity contribution >= 4 is 33.0 Å². The smallest absolute Gasteiger partial charge is 0.227 e. The zero-order valence-corrected chi connectivity index (χ0v) is 19.3. The van der Waals surface area contributed by atoms with Gasteiger partial charge in [-0.2, -0.15) is 14.3 Å². The molecule has 0 radical (unpaired) electrons. The van der Waals surface area contributed by atoms with E-state index in [0.717, 1.165) is 0 Å². The molecule has 0 spiro atoms. The summed E-state index contributed by atoms with van der Waals surface area (Å²) in [7, 11) is -3.26. The predicted octanol–water partition coefficient (Wildman–Crippen LogP) is 1.67. The van der Waals surface area contributed by atoms with Crippen molar-refractivity contribution in [1.82, 2.24) is 23.8 Å². The van der Waals surface area contributed by atoms with Gasteiger partial charge in [0.05, 0.1) is 25.2 Å². The van der Waals surface area contributed by atoms with Gasteiger partial charge in [0.2, 0.25) is 16.0 Å². The largest absolute Gasteiger partial charge is 0.394 e. The van der Waals surface area contributed by atoms with E-state index in [9.17, 15) is 13.5 Å². The van der Waals surface area contributed by atoms with Gasteiger partial charge in [-0.05, 0) is 33.1 Å². The lowest BCUT2D eigenvalue weighted by atomic mass is 10.1. The lowest BCUT2D eigenvalue weighted by Gasteiger charge is -2.21. The van der Waals surface area contributed by atoms with Gasteiger partial charge in [0, 0.05) is 24.7 Å². The fourth-order valence-electron chi connectivity index (χ4n) is 3.81. The second-order valence-electron chi connectivity index (χ2n) is 8.75. The number of aliphatic hydroxyl groups is 1. The average molecular weight is 440 g/mol. The Kier molecular flexibility index (Phi) is 6.54. The highest BCUT2D eigenvalue weighted by Gasteiger charge is 2.35. The Morgan fingerprint density at radius 3 is 2.50 bits per heavy atom. The van der Waals surface area contributed by atoms with E-state index in [1.165, 1.54) is 10.6 Å². The summed E-state index contributed by atoms with van der Waals surface area (Å²) in [4.78, 5) is 13.8. The molecule has 3 heterocycles. The topological polar surface area (TPSA) is 125 Å². The number of rotatable bonds is 8. The first-order chi connectivity index (χ1) is 14.0. The molecule has 2 aromatic rings. The van der Waals surface area contributed by atoms with Gasteiger partial charge in [0.1, 0.15) is 0 Å². The Bertz CT molecular complexity index is 989. The molecule has 1 fully saturated rings. The lowest BCUT2D eigenvalue weighted by molar-refractivity contribution is 0.248. The summed E-state index contributed by atoms with van der Waals surface area (Å²) in [6.07, 6.45) is 3.66. The molecule has 168 valence electrons. The van der Waals surface area contributed by atoms with Crippen LogP contribution >= 0.6 is 0 Å². The third-order valence-electron chi connectivity index (χ3n) is 5.58. The Labute approximate surface area is 178 Å². The Morgan fingerprint density at radius 1 is 1.27 bits per heavy atom. The zero-order chi connectivity index (χ0) is 22.2. The third-order valence-corrected chi connectivity index (χ3v) is 6.94. The number of hydrogen-bond acceptors (Lipinski definition) is 8. The van der Waals surface area contributed by atoms with Crippen LogP contribution in [0.4, 0.5) is 11.8 Å². The molecule has 3 atom stereocenters. The summed E-state index contributed by atoms with van der Waals surface area (Å²) in [5.41, 5.74) is 1.33. The van der Waals surface area contributed by atoms with Gasteiger partial charge in [0.25, 0.3) is 0 Å². The summed E-state index contributed by atoms with van der Waals surface area (Å²) in [5, 5.41) is 16.3. The molecule has 3 rings (SSSR count). The van der Waals surface area contributed by atoms with Crippen LogP contribution < -0.4 is 10.6 Å². The van der Waals surface area contributed by atoms with E-state index in [0.29, 0.717) is 35.9 Å². The van der Waals surface area contributed by atoms with E-state index in [4.69, 9.17) is 0 Å². The Balaban J connectivity index is 1.96. The first-order valence-corrected chi connectivity index (χ1v) is 12.2. The molecular formula is C19H33N7O3S. The van der Waals surface area contributed by atoms with Crippen molar-refractivity contribution in [2.75, 3.05) is 30.0 Å². The highest BCUT2D eigenvalue weighted by molar-refractivity contribution is 7.88. The van der Waals surface area contributed by atoms with Crippen molar-refractivity contribution in [3.05, 3.63) is 6.33 Å². The number of nitrogens with zero attached hydrogens (tertiary/aromatic N) is 5. The summed E-state index contributed by atoms with van der Waals surface area (Å²) in [5.74, 6) is 1.17. The molecule has 0 aliphatic carbocycles. The summed E-state index contributed by atoms with van der Waals surface area (Å²) >= 11 is 0. The minimum absolute atomic E-state index is 0.0330. The summed E-state index contributed by atoms with van der Waals surface area (Å²) < 4.78 is 27.5. The molecule has 2 aromatic heterocycles. The molecule has 0 bridgehead atoms. The van der Waals surface area contributed by atoms with E-state index in [2.05, 4.69) is 39.4 Å². The summed E-state index contributed by atoms with van der Waals surface area (Å²) in [6, 6.07) is -0.182. The average Bonchev–Trinajstić information content (AvgIpc) is 3.22. The quantitative estimate of drug-likeness (QED) is 0.567. The molecule has 0 amide bonds. The maximum Gasteiger partial charge on any atom is 0.227 e. The molecule has 0 unspecified atom stereocenters. The first-order valence-electron chi connectivity index (χ1n) is 10.4. The Hall–Kier alpha value is -1.98. The third kappa shape index (κ3) is 4.68. The molecule has 3 N–H and O–H groups in total. The van der Waals surface area contributed by atoms with E-state index in [1.807, 2.05) is 25.3 Å². The van der Waals surface area contributed by atoms with Gasteiger partial charge in [-0.1, -0.05) is 13.8 Å². The van der Waals surface area contributed by atoms with Gasteiger partial charge in [-0.3, -0.25) is 0 Å². The van der Waals surface area contributed by atoms with Gasteiger partial charge >= 0.3 is 0 Å². The lowest BCUT2D eigenvalue weighted by Crippen LogP contribution is -2.34. The maximum absolute atomic E-state index is 12.0. The van der Waals surface area contributed by atoms with Gasteiger partial charge in [-0.15, -0.1) is 0 Å². The number of nitrogens with one attached hydrogen (secondary N) is 2. The van der Waals surface area contributed by atoms with E-state index >= 15 is 0 Å². The van der Waals surface area contributed by atoms with E-state index in [1.54, 1.807) is 6.33 Å². The molecule has 11 heteroatoms. The van der Waals surface area contributed by atoms with Crippen LogP contribution in [-0.4, -0.2) is 74.9 Å². The zero-order valence-electron chi connectivity index (χ0n) is 18.5. The SMILES string of the molecule is CC(C)[C@H](CO)Nc1nc(N[C@H]2C[C@H](C)N(S(C)(=O)=O)C2)c2ncn(C(C)C)c2n1. The number of aliphatic hydroxyl groups excluding tert-OH is 1. The number of sulfonamides is 1. The number of aromatic nitrogens is 4. The fourth-order valence-corrected chi connectivity index (χ4v) is 5.00. The predicted molar refractivity (Wildman–Crippen MR) is 118 cm³/mol. The van der Waals surface area contributed by atoms with Crippen molar-refractivity contribution < 1.29 is 13.5 Å². The molecule has 1 aliphatic rings. The molecule has 1 aliphatic heterocycles. The number of anilines is 2. The van der Waals surface area contributed by atoms with Crippen molar-refractivity contribution in [2.24, 2.45) is 5.92 Å². The monoisotopic (exact) mass is 439 g/mol. The van der Waals surface area contributed by atoms with Gasteiger partial charge < -0.3 is 20.3 Å². The van der Waals surface area contributed by atoms with E-state index < -0.39 is 10.0 Å². The first kappa shape index (κ1) is 22.7. The standard InChI is InChI=1S/C19H33N7O3S/c1-11(2)15(9-27)22-19-23-17(16-18(24-19)25(10-20-16)12(3)4)21-14-7-13(5)26(8-14)30(6,28)29/h10-15,27H,7-9H2,1-6H3,(H2,21,22,23,24)/t13-,14-,15-/m0/s1. The van der Waals surface area contributed by atoms with Gasteiger partial charge in [-0.25, -0.2) is 13.4 Å². The number of hydrogen-bond donors (Lipinski definition) is 3. The fraction of sp³-hybridized carbons (Fsp3) is 0.737. The minimum atomic E-state index is -3.26. The highest BCUT2D eigenvalue weighted by Crippen LogP contribution is 2.28. The molecule has 0 aromatic carbocycles. The molecule has 30 heavy (non-hydrogen) atoms. The number of fused-ring (bicyclic) bond motifs is 1. The van der Waals surface area contributed by atoms with Crippen molar-refractivity contribution in [1.29, 1.82) is 0 Å². The van der Waals surface area contributed by atoms with Crippen molar-refractivity contribution in [3.63, 3.8) is 0 Å². The molecule has 10 nitrogen and oxygen atoms in total. The van der Waals surface area contributed by atoms with Crippen LogP contribution in [0.5, 0.6) is 0 Å². The van der Waals surface area contributed by atoms with Crippen LogP contribution in [0.2, 0.25) is 0 Å². The van der Waals surface area contributed by atoms with Crippen LogP contribution in [0, 0.1) is 5.92 Å². The second-order valence-corrected chi connectivity index (χ2v) is 10.7. The maximum atomic E-state index is 12.0. The minimum Gasteiger partial charge on any atom is -0.394 e. The molecule has 0 saturated carbocycles. The second kappa shape index (κ2) is 8.64. The van der Waals surface area contributed by atoms with Crippen LogP contribution in [0.25, 0.3) is 11.2 Å². The van der Waals surface area contributed by atoms with Crippen LogP contribution in [0.3, 0.4) is 0 Å². The van der Waals surface area contributed by atoms with Crippen LogP contribution in [0.15, 0.2) is 6.33 Å². The molecule has 1 saturated heterocycles. The van der Waals surface area contributed by atoms with Crippen LogP contribution in [0.1, 0.15) is 47.1 Å². The molecular weight excluding hydrogens is 406 g/mol. The summed E-state index contributed by atoms with van der Waals surface area (Å²) in [6.45, 7) is 10.4. The van der Waals surface area contributed by atoms with Crippen molar-refractivity contribution in [3.8, 4) is 0 Å². The van der Waals surface area contributed by atoms with Crippen molar-refractivity contribution in [2.45, 2.75) is 65.2 Å². The van der Waals surface area contributed by atoms with Crippen LogP contribution in [-0.2, 0) is 10.0 Å². The normalized spacial score (nSPS) is 21.6. The van der Waals surface area contributed by atoms with Gasteiger partial charge in [0.15, 0.2) is 17.0 Å². The highest BCUT2D eigenvalue weighted by atomic mass is 32.2.